The maximum absolute atomic E-state index is 9.02. The van der Waals surface area contributed by atoms with Gasteiger partial charge in [-0.25, -0.2) is 0 Å². The first-order chi connectivity index (χ1) is 6.17. The van der Waals surface area contributed by atoms with E-state index in [0.29, 0.717) is 0 Å². The molecule has 1 nitrogen and oxygen atoms in total. The van der Waals surface area contributed by atoms with Gasteiger partial charge in [0.1, 0.15) is 0 Å². The molecule has 72 valence electrons. The minimum absolute atomic E-state index is 0.171. The topological polar surface area (TPSA) is 20.2 Å². The lowest BCUT2D eigenvalue weighted by Gasteiger charge is -1.98. The Morgan fingerprint density at radius 3 is 2.62 bits per heavy atom. The molecule has 1 aromatic rings. The monoisotopic (exact) mass is 196 g/mol. The number of thiophene rings is 1. The molecule has 1 rings (SSSR count). The summed E-state index contributed by atoms with van der Waals surface area (Å²) < 4.78 is 0. The van der Waals surface area contributed by atoms with Gasteiger partial charge in [-0.05, 0) is 37.5 Å². The molecule has 0 bridgehead atoms. The van der Waals surface area contributed by atoms with Gasteiger partial charge in [0.25, 0.3) is 0 Å². The van der Waals surface area contributed by atoms with Gasteiger partial charge in [-0.3, -0.25) is 0 Å². The van der Waals surface area contributed by atoms with Gasteiger partial charge in [0, 0.05) is 9.75 Å². The lowest BCUT2D eigenvalue weighted by atomic mass is 10.1. The van der Waals surface area contributed by atoms with Crippen molar-refractivity contribution in [1.29, 1.82) is 0 Å². The molecule has 0 spiro atoms. The summed E-state index contributed by atoms with van der Waals surface area (Å²) in [5.41, 5.74) is 2.36. The Labute approximate surface area is 83.7 Å². The maximum Gasteiger partial charge on any atom is 0.0644 e. The van der Waals surface area contributed by atoms with Crippen LogP contribution < -0.4 is 0 Å². The molecule has 1 N–H and O–H groups in total. The summed E-state index contributed by atoms with van der Waals surface area (Å²) >= 11 is 1.81. The average Bonchev–Trinajstić information content (AvgIpc) is 2.41. The third kappa shape index (κ3) is 2.68. The van der Waals surface area contributed by atoms with E-state index in [1.54, 1.807) is 11.3 Å². The predicted octanol–water partition coefficient (Wildman–Crippen LogP) is 3.15. The second-order valence-corrected chi connectivity index (χ2v) is 4.64. The van der Waals surface area contributed by atoms with E-state index in [4.69, 9.17) is 5.11 Å². The van der Waals surface area contributed by atoms with Gasteiger partial charge in [-0.1, -0.05) is 13.0 Å². The van der Waals surface area contributed by atoms with E-state index in [2.05, 4.69) is 32.9 Å². The normalized spacial score (nSPS) is 12.2. The van der Waals surface area contributed by atoms with E-state index in [1.165, 1.54) is 15.3 Å². The van der Waals surface area contributed by atoms with Crippen LogP contribution in [0, 0.1) is 13.8 Å². The van der Waals surface area contributed by atoms with Crippen LogP contribution in [0.25, 0.3) is 6.08 Å². The van der Waals surface area contributed by atoms with E-state index in [1.807, 2.05) is 0 Å². The molecule has 0 aromatic carbocycles. The molecule has 0 aliphatic heterocycles. The Balaban J connectivity index is 2.95. The van der Waals surface area contributed by atoms with Gasteiger partial charge in [-0.2, -0.15) is 0 Å². The summed E-state index contributed by atoms with van der Waals surface area (Å²) in [5.74, 6) is 0. The zero-order valence-corrected chi connectivity index (χ0v) is 9.24. The fraction of sp³-hybridized carbons (Fsp3) is 0.455. The van der Waals surface area contributed by atoms with E-state index >= 15 is 0 Å². The van der Waals surface area contributed by atoms with Gasteiger partial charge >= 0.3 is 0 Å². The van der Waals surface area contributed by atoms with Gasteiger partial charge in [0.2, 0.25) is 0 Å². The minimum atomic E-state index is 0.171. The number of hydrogen-bond donors (Lipinski definition) is 1. The largest absolute Gasteiger partial charge is 0.392 e. The molecule has 2 heteroatoms. The van der Waals surface area contributed by atoms with Crippen molar-refractivity contribution in [2.75, 3.05) is 6.61 Å². The van der Waals surface area contributed by atoms with Crippen LogP contribution in [0.4, 0.5) is 0 Å². The number of aryl methyl sites for hydroxylation is 2. The van der Waals surface area contributed by atoms with E-state index in [0.717, 1.165) is 12.0 Å². The fourth-order valence-electron chi connectivity index (χ4n) is 1.27. The summed E-state index contributed by atoms with van der Waals surface area (Å²) in [4.78, 5) is 2.66. The third-order valence-electron chi connectivity index (χ3n) is 2.10. The second kappa shape index (κ2) is 4.58. The molecule has 13 heavy (non-hydrogen) atoms. The molecule has 1 aromatic heterocycles. The Hall–Kier alpha value is -0.600. The molecule has 0 amide bonds. The fourth-order valence-corrected chi connectivity index (χ4v) is 2.18. The summed E-state index contributed by atoms with van der Waals surface area (Å²) in [5, 5.41) is 9.02. The summed E-state index contributed by atoms with van der Waals surface area (Å²) in [6.07, 6.45) is 3.02. The molecule has 0 saturated carbocycles. The van der Waals surface area contributed by atoms with Gasteiger partial charge in [0.05, 0.1) is 6.61 Å². The van der Waals surface area contributed by atoms with Crippen LogP contribution in [0.3, 0.4) is 0 Å². The smallest absolute Gasteiger partial charge is 0.0644 e. The zero-order valence-electron chi connectivity index (χ0n) is 8.42. The van der Waals surface area contributed by atoms with E-state index in [-0.39, 0.29) is 6.61 Å². The Bertz CT molecular complexity index is 304. The van der Waals surface area contributed by atoms with Crippen LogP contribution in [-0.4, -0.2) is 11.7 Å². The van der Waals surface area contributed by atoms with Crippen molar-refractivity contribution in [1.82, 2.24) is 0 Å². The lowest BCUT2D eigenvalue weighted by molar-refractivity contribution is 0.329. The maximum atomic E-state index is 9.02. The van der Waals surface area contributed by atoms with Crippen molar-refractivity contribution < 1.29 is 5.11 Å². The number of aliphatic hydroxyl groups excluding tert-OH is 1. The molecule has 0 atom stereocenters. The molecule has 0 aliphatic rings. The Morgan fingerprint density at radius 2 is 2.23 bits per heavy atom. The third-order valence-corrected chi connectivity index (χ3v) is 3.08. The molecule has 0 radical (unpaired) electrons. The van der Waals surface area contributed by atoms with Crippen LogP contribution in [0.5, 0.6) is 0 Å². The molecular weight excluding hydrogens is 180 g/mol. The van der Waals surface area contributed by atoms with Crippen LogP contribution in [0.2, 0.25) is 0 Å². The summed E-state index contributed by atoms with van der Waals surface area (Å²) in [6.45, 7) is 6.47. The molecule has 0 saturated heterocycles. The molecule has 0 aliphatic carbocycles. The van der Waals surface area contributed by atoms with Crippen molar-refractivity contribution in [2.24, 2.45) is 0 Å². The highest BCUT2D eigenvalue weighted by Crippen LogP contribution is 2.23. The van der Waals surface area contributed by atoms with Crippen molar-refractivity contribution >= 4 is 17.4 Å². The van der Waals surface area contributed by atoms with Crippen LogP contribution >= 0.6 is 11.3 Å². The number of rotatable bonds is 3. The lowest BCUT2D eigenvalue weighted by Crippen LogP contribution is -1.87. The number of hydrogen-bond acceptors (Lipinski definition) is 2. The van der Waals surface area contributed by atoms with Crippen LogP contribution in [-0.2, 0) is 0 Å². The predicted molar refractivity (Wildman–Crippen MR) is 59.1 cm³/mol. The van der Waals surface area contributed by atoms with Gasteiger partial charge in [0.15, 0.2) is 0 Å². The molecule has 1 heterocycles. The Morgan fingerprint density at radius 1 is 1.54 bits per heavy atom. The number of aliphatic hydroxyl groups is 1. The first-order valence-electron chi connectivity index (χ1n) is 4.54. The Kier molecular flexibility index (Phi) is 3.70. The highest BCUT2D eigenvalue weighted by molar-refractivity contribution is 7.12. The van der Waals surface area contributed by atoms with E-state index < -0.39 is 0 Å². The average molecular weight is 196 g/mol. The second-order valence-electron chi connectivity index (χ2n) is 3.18. The zero-order chi connectivity index (χ0) is 9.84. The molecular formula is C11H16OS. The van der Waals surface area contributed by atoms with Gasteiger partial charge < -0.3 is 5.11 Å². The van der Waals surface area contributed by atoms with Crippen LogP contribution in [0.15, 0.2) is 11.6 Å². The quantitative estimate of drug-likeness (QED) is 0.787. The van der Waals surface area contributed by atoms with Crippen molar-refractivity contribution in [3.8, 4) is 0 Å². The van der Waals surface area contributed by atoms with Crippen molar-refractivity contribution in [3.05, 3.63) is 27.0 Å². The van der Waals surface area contributed by atoms with Gasteiger partial charge in [-0.15, -0.1) is 11.3 Å². The van der Waals surface area contributed by atoms with Crippen molar-refractivity contribution in [2.45, 2.75) is 27.2 Å². The molecule has 0 fully saturated rings. The SMILES string of the molecule is CCC(=Cc1cc(C)sc1C)CO. The van der Waals surface area contributed by atoms with Crippen LogP contribution in [0.1, 0.15) is 28.7 Å². The standard InChI is InChI=1S/C11H16OS/c1-4-10(7-12)6-11-5-8(2)13-9(11)3/h5-6,12H,4,7H2,1-3H3. The first-order valence-corrected chi connectivity index (χ1v) is 5.36. The van der Waals surface area contributed by atoms with Crippen molar-refractivity contribution in [3.63, 3.8) is 0 Å². The highest BCUT2D eigenvalue weighted by Gasteiger charge is 2.00. The minimum Gasteiger partial charge on any atom is -0.392 e. The summed E-state index contributed by atoms with van der Waals surface area (Å²) in [7, 11) is 0. The highest BCUT2D eigenvalue weighted by atomic mass is 32.1. The molecule has 0 unspecified atom stereocenters. The van der Waals surface area contributed by atoms with E-state index in [9.17, 15) is 0 Å². The first kappa shape index (κ1) is 10.5. The summed E-state index contributed by atoms with van der Waals surface area (Å²) in [6, 6.07) is 2.17.